The molecule has 0 bridgehead atoms. The molecule has 0 aliphatic heterocycles. The summed E-state index contributed by atoms with van der Waals surface area (Å²) in [5, 5.41) is 11.9. The quantitative estimate of drug-likeness (QED) is 0.261. The highest BCUT2D eigenvalue weighted by Crippen LogP contribution is 2.33. The first-order valence-electron chi connectivity index (χ1n) is 10.9. The first-order valence-corrected chi connectivity index (χ1v) is 11.3. The summed E-state index contributed by atoms with van der Waals surface area (Å²) in [5.74, 6) is -0.404. The maximum absolute atomic E-state index is 13.7. The van der Waals surface area contributed by atoms with Crippen molar-refractivity contribution >= 4 is 34.3 Å². The summed E-state index contributed by atoms with van der Waals surface area (Å²) in [6, 6.07) is 5.83. The van der Waals surface area contributed by atoms with Crippen LogP contribution in [0.1, 0.15) is 31.4 Å². The lowest BCUT2D eigenvalue weighted by Crippen LogP contribution is -2.24. The minimum Gasteiger partial charge on any atom is -0.383 e. The number of anilines is 1. The van der Waals surface area contributed by atoms with E-state index in [-0.39, 0.29) is 28.6 Å². The molecular formula is C23H22ClF3N8. The fourth-order valence-electron chi connectivity index (χ4n) is 4.27. The zero-order valence-corrected chi connectivity index (χ0v) is 19.1. The average Bonchev–Trinajstić information content (AvgIpc) is 3.55. The molecule has 1 saturated carbocycles. The van der Waals surface area contributed by atoms with Crippen LogP contribution in [0.25, 0.3) is 16.6 Å². The summed E-state index contributed by atoms with van der Waals surface area (Å²) in [6.07, 6.45) is 8.43. The SMILES string of the molecule is NC(=Nc1cc(F)ccc1Cl)c1cnn2cc(-c3cnn(C(F)F)c3)cc2c1N[C@@H]1CC[C@H](N)C1. The van der Waals surface area contributed by atoms with Crippen LogP contribution in [0, 0.1) is 5.82 Å². The Morgan fingerprint density at radius 2 is 1.97 bits per heavy atom. The molecule has 182 valence electrons. The van der Waals surface area contributed by atoms with Crippen LogP contribution in [0.15, 0.2) is 54.0 Å². The van der Waals surface area contributed by atoms with Gasteiger partial charge in [-0.3, -0.25) is 0 Å². The average molecular weight is 503 g/mol. The lowest BCUT2D eigenvalue weighted by molar-refractivity contribution is 0.0566. The summed E-state index contributed by atoms with van der Waals surface area (Å²) >= 11 is 6.17. The number of halogens is 4. The van der Waals surface area contributed by atoms with Crippen LogP contribution < -0.4 is 16.8 Å². The first kappa shape index (κ1) is 23.2. The predicted octanol–water partition coefficient (Wildman–Crippen LogP) is 4.71. The monoisotopic (exact) mass is 502 g/mol. The number of aromatic nitrogens is 4. The molecule has 1 fully saturated rings. The molecule has 0 radical (unpaired) electrons. The van der Waals surface area contributed by atoms with Crippen molar-refractivity contribution in [2.75, 3.05) is 5.32 Å². The van der Waals surface area contributed by atoms with Crippen molar-refractivity contribution in [3.8, 4) is 11.1 Å². The van der Waals surface area contributed by atoms with E-state index >= 15 is 0 Å². The number of fused-ring (bicyclic) bond motifs is 1. The van der Waals surface area contributed by atoms with E-state index < -0.39 is 12.4 Å². The lowest BCUT2D eigenvalue weighted by Gasteiger charge is -2.18. The van der Waals surface area contributed by atoms with Crippen molar-refractivity contribution in [1.29, 1.82) is 0 Å². The third-order valence-corrected chi connectivity index (χ3v) is 6.34. The molecule has 0 unspecified atom stereocenters. The van der Waals surface area contributed by atoms with E-state index in [1.165, 1.54) is 30.6 Å². The van der Waals surface area contributed by atoms with E-state index in [9.17, 15) is 13.2 Å². The molecule has 0 saturated heterocycles. The van der Waals surface area contributed by atoms with Gasteiger partial charge in [-0.1, -0.05) is 11.6 Å². The molecule has 12 heteroatoms. The third kappa shape index (κ3) is 4.69. The fraction of sp³-hybridized carbons (Fsp3) is 0.261. The smallest absolute Gasteiger partial charge is 0.333 e. The number of nitrogens with zero attached hydrogens (tertiary/aromatic N) is 5. The van der Waals surface area contributed by atoms with Crippen molar-refractivity contribution in [2.45, 2.75) is 37.9 Å². The number of rotatable bonds is 6. The van der Waals surface area contributed by atoms with Gasteiger partial charge in [-0.15, -0.1) is 0 Å². The topological polar surface area (TPSA) is 112 Å². The highest BCUT2D eigenvalue weighted by molar-refractivity contribution is 6.33. The van der Waals surface area contributed by atoms with Crippen LogP contribution in [-0.2, 0) is 0 Å². The Bertz CT molecular complexity index is 1410. The number of amidine groups is 1. The first-order chi connectivity index (χ1) is 16.8. The van der Waals surface area contributed by atoms with E-state index in [1.54, 1.807) is 16.9 Å². The van der Waals surface area contributed by atoms with Gasteiger partial charge in [0.15, 0.2) is 0 Å². The lowest BCUT2D eigenvalue weighted by atomic mass is 10.1. The number of hydrogen-bond donors (Lipinski definition) is 3. The van der Waals surface area contributed by atoms with Gasteiger partial charge >= 0.3 is 6.55 Å². The number of nitrogens with two attached hydrogens (primary N) is 2. The van der Waals surface area contributed by atoms with Crippen molar-refractivity contribution in [3.63, 3.8) is 0 Å². The zero-order chi connectivity index (χ0) is 24.7. The van der Waals surface area contributed by atoms with Crippen molar-refractivity contribution < 1.29 is 13.2 Å². The van der Waals surface area contributed by atoms with Gasteiger partial charge in [-0.05, 0) is 37.5 Å². The maximum Gasteiger partial charge on any atom is 0.333 e. The number of aliphatic imine (C=N–C) groups is 1. The Balaban J connectivity index is 1.61. The molecule has 1 aliphatic carbocycles. The predicted molar refractivity (Wildman–Crippen MR) is 129 cm³/mol. The second-order valence-electron chi connectivity index (χ2n) is 8.49. The van der Waals surface area contributed by atoms with Crippen molar-refractivity contribution in [2.24, 2.45) is 16.5 Å². The molecule has 8 nitrogen and oxygen atoms in total. The van der Waals surface area contributed by atoms with Gasteiger partial charge < -0.3 is 16.8 Å². The molecule has 35 heavy (non-hydrogen) atoms. The second kappa shape index (κ2) is 9.23. The van der Waals surface area contributed by atoms with E-state index in [0.717, 1.165) is 19.3 Å². The van der Waals surface area contributed by atoms with Crippen LogP contribution >= 0.6 is 11.6 Å². The normalized spacial score (nSPS) is 18.6. The third-order valence-electron chi connectivity index (χ3n) is 6.02. The number of benzene rings is 1. The van der Waals surface area contributed by atoms with Crippen LogP contribution in [-0.4, -0.2) is 37.3 Å². The molecule has 5 N–H and O–H groups in total. The second-order valence-corrected chi connectivity index (χ2v) is 8.89. The Labute approximate surface area is 203 Å². The van der Waals surface area contributed by atoms with Gasteiger partial charge in [0.25, 0.3) is 0 Å². The molecular weight excluding hydrogens is 481 g/mol. The van der Waals surface area contributed by atoms with Crippen LogP contribution in [0.4, 0.5) is 24.5 Å². The number of hydrogen-bond acceptors (Lipinski definition) is 5. The molecule has 0 amide bonds. The molecule has 3 aromatic heterocycles. The molecule has 1 aromatic carbocycles. The Kier molecular flexibility index (Phi) is 6.12. The fourth-order valence-corrected chi connectivity index (χ4v) is 4.43. The van der Waals surface area contributed by atoms with Crippen LogP contribution in [0.2, 0.25) is 5.02 Å². The van der Waals surface area contributed by atoms with E-state index in [4.69, 9.17) is 23.1 Å². The molecule has 0 spiro atoms. The maximum atomic E-state index is 13.7. The number of nitrogens with one attached hydrogen (secondary N) is 1. The summed E-state index contributed by atoms with van der Waals surface area (Å²) in [4.78, 5) is 4.35. The van der Waals surface area contributed by atoms with Gasteiger partial charge in [-0.25, -0.2) is 18.6 Å². The van der Waals surface area contributed by atoms with Gasteiger partial charge in [0.2, 0.25) is 0 Å². The Hall–Kier alpha value is -3.57. The Morgan fingerprint density at radius 3 is 2.69 bits per heavy atom. The summed E-state index contributed by atoms with van der Waals surface area (Å²) in [7, 11) is 0. The van der Waals surface area contributed by atoms with E-state index in [0.29, 0.717) is 32.6 Å². The van der Waals surface area contributed by atoms with Gasteiger partial charge in [0, 0.05) is 41.7 Å². The minimum absolute atomic E-state index is 0.0885. The van der Waals surface area contributed by atoms with Gasteiger partial charge in [-0.2, -0.15) is 19.0 Å². The van der Waals surface area contributed by atoms with E-state index in [1.807, 2.05) is 6.07 Å². The van der Waals surface area contributed by atoms with Crippen LogP contribution in [0.3, 0.4) is 0 Å². The minimum atomic E-state index is -2.74. The molecule has 1 aliphatic rings. The number of alkyl halides is 2. The van der Waals surface area contributed by atoms with Crippen molar-refractivity contribution in [3.05, 3.63) is 65.5 Å². The summed E-state index contributed by atoms with van der Waals surface area (Å²) in [5.41, 5.74) is 15.6. The molecule has 4 aromatic rings. The van der Waals surface area contributed by atoms with Gasteiger partial charge in [0.1, 0.15) is 11.7 Å². The van der Waals surface area contributed by atoms with Gasteiger partial charge in [0.05, 0.1) is 39.9 Å². The molecule has 5 rings (SSSR count). The Morgan fingerprint density at radius 1 is 1.14 bits per heavy atom. The zero-order valence-electron chi connectivity index (χ0n) is 18.4. The standard InChI is InChI=1S/C23H22ClF3N8/c24-18-4-1-14(25)6-19(18)33-22(29)17-9-31-34-10-12(13-8-30-35(11-13)23(26)27)5-20(34)21(17)32-16-3-2-15(28)7-16/h1,4-6,8-11,15-16,23,32H,2-3,7,28H2,(H2,29,33)/t15-,16+/m0/s1. The highest BCUT2D eigenvalue weighted by atomic mass is 35.5. The molecule has 3 heterocycles. The van der Waals surface area contributed by atoms with E-state index in [2.05, 4.69) is 20.5 Å². The largest absolute Gasteiger partial charge is 0.383 e. The van der Waals surface area contributed by atoms with Crippen molar-refractivity contribution in [1.82, 2.24) is 19.4 Å². The summed E-state index contributed by atoms with van der Waals surface area (Å²) < 4.78 is 42.0. The summed E-state index contributed by atoms with van der Waals surface area (Å²) in [6.45, 7) is -2.74. The highest BCUT2D eigenvalue weighted by Gasteiger charge is 2.25. The van der Waals surface area contributed by atoms with Crippen LogP contribution in [0.5, 0.6) is 0 Å². The molecule has 2 atom stereocenters.